The number of esters is 1. The summed E-state index contributed by atoms with van der Waals surface area (Å²) in [6, 6.07) is 3.54. The minimum atomic E-state index is -0.667. The molecule has 2 heterocycles. The van der Waals surface area contributed by atoms with E-state index in [0.717, 1.165) is 11.9 Å². The summed E-state index contributed by atoms with van der Waals surface area (Å²) in [6.07, 6.45) is 2.43. The van der Waals surface area contributed by atoms with Gasteiger partial charge in [-0.15, -0.1) is 0 Å². The van der Waals surface area contributed by atoms with Gasteiger partial charge in [-0.1, -0.05) is 18.5 Å². The zero-order chi connectivity index (χ0) is 13.6. The molecule has 0 aromatic carbocycles. The van der Waals surface area contributed by atoms with Crippen molar-refractivity contribution in [2.45, 2.75) is 25.7 Å². The third kappa shape index (κ3) is 1.72. The number of ether oxygens (including phenoxy) is 1. The lowest BCUT2D eigenvalue weighted by molar-refractivity contribution is -0.146. The second-order valence-electron chi connectivity index (χ2n) is 4.87. The highest BCUT2D eigenvalue weighted by Gasteiger charge is 2.62. The van der Waals surface area contributed by atoms with Crippen molar-refractivity contribution >= 4 is 23.1 Å². The van der Waals surface area contributed by atoms with Crippen molar-refractivity contribution in [3.8, 4) is 0 Å². The fourth-order valence-corrected chi connectivity index (χ4v) is 2.67. The first-order valence-corrected chi connectivity index (χ1v) is 6.65. The number of halogens is 1. The van der Waals surface area contributed by atoms with Crippen molar-refractivity contribution in [1.29, 1.82) is 0 Å². The molecular formula is C13H14ClN3O2. The number of aromatic nitrogens is 3. The van der Waals surface area contributed by atoms with Crippen LogP contribution in [0.4, 0.5) is 0 Å². The highest BCUT2D eigenvalue weighted by molar-refractivity contribution is 6.29. The molecule has 2 atom stereocenters. The van der Waals surface area contributed by atoms with E-state index < -0.39 is 5.41 Å². The largest absolute Gasteiger partial charge is 0.465 e. The summed E-state index contributed by atoms with van der Waals surface area (Å²) >= 11 is 5.92. The topological polar surface area (TPSA) is 56.5 Å². The summed E-state index contributed by atoms with van der Waals surface area (Å²) in [5, 5.41) is 4.60. The third-order valence-corrected chi connectivity index (χ3v) is 3.90. The van der Waals surface area contributed by atoms with Crippen molar-refractivity contribution < 1.29 is 9.53 Å². The number of fused-ring (bicyclic) bond motifs is 1. The van der Waals surface area contributed by atoms with E-state index in [2.05, 4.69) is 10.1 Å². The molecule has 19 heavy (non-hydrogen) atoms. The Kier molecular flexibility index (Phi) is 2.74. The van der Waals surface area contributed by atoms with E-state index in [1.54, 1.807) is 23.7 Å². The van der Waals surface area contributed by atoms with Gasteiger partial charge in [0.05, 0.1) is 18.3 Å². The number of hydrogen-bond donors (Lipinski definition) is 0. The molecule has 0 amide bonds. The first-order valence-electron chi connectivity index (χ1n) is 6.27. The maximum atomic E-state index is 12.2. The number of carbonyl (C=O) groups excluding carboxylic acids is 1. The van der Waals surface area contributed by atoms with Crippen LogP contribution in [0.1, 0.15) is 26.1 Å². The second kappa shape index (κ2) is 4.20. The maximum Gasteiger partial charge on any atom is 0.320 e. The van der Waals surface area contributed by atoms with E-state index in [9.17, 15) is 4.79 Å². The van der Waals surface area contributed by atoms with Gasteiger partial charge in [-0.25, -0.2) is 9.50 Å². The Morgan fingerprint density at radius 2 is 2.37 bits per heavy atom. The molecule has 1 aliphatic rings. The molecule has 2 aromatic heterocycles. The molecule has 5 nitrogen and oxygen atoms in total. The summed E-state index contributed by atoms with van der Waals surface area (Å²) in [7, 11) is 0. The lowest BCUT2D eigenvalue weighted by atomic mass is 10.0. The summed E-state index contributed by atoms with van der Waals surface area (Å²) in [5.41, 5.74) is 0.155. The normalized spacial score (nSPS) is 25.5. The molecule has 0 N–H and O–H groups in total. The Morgan fingerprint density at radius 1 is 1.63 bits per heavy atom. The molecule has 3 rings (SSSR count). The van der Waals surface area contributed by atoms with E-state index in [1.165, 1.54) is 0 Å². The Morgan fingerprint density at radius 3 is 3.00 bits per heavy atom. The van der Waals surface area contributed by atoms with E-state index in [-0.39, 0.29) is 11.9 Å². The summed E-state index contributed by atoms with van der Waals surface area (Å²) in [5.74, 6) is 0.602. The average molecular weight is 280 g/mol. The van der Waals surface area contributed by atoms with Crippen LogP contribution in [0, 0.1) is 5.92 Å². The van der Waals surface area contributed by atoms with Crippen LogP contribution in [0.2, 0.25) is 5.15 Å². The van der Waals surface area contributed by atoms with Crippen LogP contribution in [0.3, 0.4) is 0 Å². The van der Waals surface area contributed by atoms with E-state index in [0.29, 0.717) is 17.6 Å². The fraction of sp³-hybridized carbons (Fsp3) is 0.462. The van der Waals surface area contributed by atoms with Gasteiger partial charge in [0.15, 0.2) is 0 Å². The van der Waals surface area contributed by atoms with E-state index >= 15 is 0 Å². The predicted molar refractivity (Wildman–Crippen MR) is 70.1 cm³/mol. The van der Waals surface area contributed by atoms with Crippen molar-refractivity contribution in [2.24, 2.45) is 5.92 Å². The van der Waals surface area contributed by atoms with Gasteiger partial charge in [-0.3, -0.25) is 4.79 Å². The minimum Gasteiger partial charge on any atom is -0.465 e. The lowest BCUT2D eigenvalue weighted by Crippen LogP contribution is -2.28. The Labute approximate surface area is 115 Å². The van der Waals surface area contributed by atoms with Crippen LogP contribution in [0.15, 0.2) is 18.3 Å². The molecule has 1 saturated carbocycles. The van der Waals surface area contributed by atoms with Crippen molar-refractivity contribution in [1.82, 2.24) is 14.6 Å². The smallest absolute Gasteiger partial charge is 0.320 e. The van der Waals surface area contributed by atoms with Crippen LogP contribution in [-0.4, -0.2) is 27.2 Å². The first-order chi connectivity index (χ1) is 9.09. The molecule has 0 radical (unpaired) electrons. The quantitative estimate of drug-likeness (QED) is 0.809. The molecule has 0 bridgehead atoms. The number of nitrogens with zero attached hydrogens (tertiary/aromatic N) is 3. The second-order valence-corrected chi connectivity index (χ2v) is 5.26. The third-order valence-electron chi connectivity index (χ3n) is 3.70. The molecule has 6 heteroatoms. The summed E-state index contributed by atoms with van der Waals surface area (Å²) in [6.45, 7) is 4.19. The molecule has 0 aliphatic heterocycles. The van der Waals surface area contributed by atoms with E-state index in [1.807, 2.05) is 13.0 Å². The van der Waals surface area contributed by atoms with Gasteiger partial charge in [0.2, 0.25) is 0 Å². The summed E-state index contributed by atoms with van der Waals surface area (Å²) in [4.78, 5) is 16.6. The number of hydrogen-bond acceptors (Lipinski definition) is 4. The summed E-state index contributed by atoms with van der Waals surface area (Å²) < 4.78 is 6.83. The standard InChI is InChI=1S/C13H14ClN3O2/c1-3-19-12(18)13(6-8(13)2)11-15-7-9-4-5-10(14)16-17(9)11/h4-5,7-8H,3,6H2,1-2H3/t8-,13+/m0/s1. The molecule has 2 aromatic rings. The minimum absolute atomic E-state index is 0.206. The Bertz CT molecular complexity index is 654. The first kappa shape index (κ1) is 12.4. The monoisotopic (exact) mass is 279 g/mol. The van der Waals surface area contributed by atoms with Crippen LogP contribution in [0.25, 0.3) is 5.52 Å². The lowest BCUT2D eigenvalue weighted by Gasteiger charge is -2.13. The zero-order valence-electron chi connectivity index (χ0n) is 10.8. The molecule has 0 spiro atoms. The van der Waals surface area contributed by atoms with Crippen LogP contribution >= 0.6 is 11.6 Å². The van der Waals surface area contributed by atoms with Gasteiger partial charge in [0.1, 0.15) is 16.4 Å². The van der Waals surface area contributed by atoms with Gasteiger partial charge in [-0.05, 0) is 31.4 Å². The van der Waals surface area contributed by atoms with E-state index in [4.69, 9.17) is 16.3 Å². The van der Waals surface area contributed by atoms with Gasteiger partial charge >= 0.3 is 5.97 Å². The molecule has 1 fully saturated rings. The highest BCUT2D eigenvalue weighted by atomic mass is 35.5. The van der Waals surface area contributed by atoms with Gasteiger partial charge in [0.25, 0.3) is 0 Å². The number of carbonyl (C=O) groups is 1. The van der Waals surface area contributed by atoms with Crippen LogP contribution in [0.5, 0.6) is 0 Å². The number of imidazole rings is 1. The maximum absolute atomic E-state index is 12.2. The highest BCUT2D eigenvalue weighted by Crippen LogP contribution is 2.54. The van der Waals surface area contributed by atoms with Crippen molar-refractivity contribution in [2.75, 3.05) is 6.61 Å². The SMILES string of the molecule is CCOC(=O)[C@]1(c2ncc3ccc(Cl)nn23)C[C@@H]1C. The average Bonchev–Trinajstić information content (AvgIpc) is 2.88. The van der Waals surface area contributed by atoms with Gasteiger partial charge in [0, 0.05) is 0 Å². The Hall–Kier alpha value is -1.62. The fourth-order valence-electron chi connectivity index (χ4n) is 2.54. The Balaban J connectivity index is 2.13. The van der Waals surface area contributed by atoms with Crippen molar-refractivity contribution in [3.63, 3.8) is 0 Å². The zero-order valence-corrected chi connectivity index (χ0v) is 11.5. The molecule has 0 unspecified atom stereocenters. The predicted octanol–water partition coefficient (Wildman–Crippen LogP) is 2.22. The van der Waals surface area contributed by atoms with Crippen LogP contribution < -0.4 is 0 Å². The van der Waals surface area contributed by atoms with Gasteiger partial charge < -0.3 is 4.74 Å². The molecule has 100 valence electrons. The molecule has 0 saturated heterocycles. The van der Waals surface area contributed by atoms with Crippen LogP contribution in [-0.2, 0) is 14.9 Å². The van der Waals surface area contributed by atoms with Gasteiger partial charge in [-0.2, -0.15) is 5.10 Å². The van der Waals surface area contributed by atoms with Crippen molar-refractivity contribution in [3.05, 3.63) is 29.3 Å². The molecule has 1 aliphatic carbocycles. The molecular weight excluding hydrogens is 266 g/mol. The number of rotatable bonds is 3.